The van der Waals surface area contributed by atoms with Crippen LogP contribution in [0, 0.1) is 0 Å². The molecule has 0 bridgehead atoms. The van der Waals surface area contributed by atoms with E-state index in [-0.39, 0.29) is 11.8 Å². The number of carbonyl (C=O) groups is 1. The van der Waals surface area contributed by atoms with Crippen molar-refractivity contribution in [3.8, 4) is 0 Å². The average Bonchev–Trinajstić information content (AvgIpc) is 3.38. The van der Waals surface area contributed by atoms with Gasteiger partial charge in [-0.15, -0.1) is 21.5 Å². The summed E-state index contributed by atoms with van der Waals surface area (Å²) in [6.45, 7) is 2.03. The maximum absolute atomic E-state index is 12.8. The molecule has 26 heavy (non-hydrogen) atoms. The van der Waals surface area contributed by atoms with Gasteiger partial charge in [0.15, 0.2) is 5.82 Å². The lowest BCUT2D eigenvalue weighted by Crippen LogP contribution is -2.39. The Balaban J connectivity index is 1.50. The number of hydrogen-bond acceptors (Lipinski definition) is 6. The molecule has 1 saturated heterocycles. The number of hydrogen-bond donors (Lipinski definition) is 1. The van der Waals surface area contributed by atoms with Gasteiger partial charge in [0, 0.05) is 38.4 Å². The molecule has 1 atom stereocenters. The van der Waals surface area contributed by atoms with Crippen molar-refractivity contribution in [2.45, 2.75) is 25.3 Å². The molecule has 0 aromatic carbocycles. The maximum atomic E-state index is 12.8. The van der Waals surface area contributed by atoms with Gasteiger partial charge in [0.25, 0.3) is 5.91 Å². The van der Waals surface area contributed by atoms with E-state index < -0.39 is 0 Å². The quantitative estimate of drug-likeness (QED) is 0.753. The summed E-state index contributed by atoms with van der Waals surface area (Å²) in [5.74, 6) is 2.01. The summed E-state index contributed by atoms with van der Waals surface area (Å²) in [5, 5.41) is 10.6. The van der Waals surface area contributed by atoms with E-state index in [1.54, 1.807) is 18.6 Å². The lowest BCUT2D eigenvalue weighted by molar-refractivity contribution is 0.0709. The predicted molar refractivity (Wildman–Crippen MR) is 98.9 cm³/mol. The fourth-order valence-corrected chi connectivity index (χ4v) is 4.21. The summed E-state index contributed by atoms with van der Waals surface area (Å²) in [4.78, 5) is 19.3. The molecular formula is C17H21N7OS. The summed E-state index contributed by atoms with van der Waals surface area (Å²) < 4.78 is 4.00. The third kappa shape index (κ3) is 3.10. The van der Waals surface area contributed by atoms with Crippen molar-refractivity contribution in [3.63, 3.8) is 0 Å². The van der Waals surface area contributed by atoms with Gasteiger partial charge in [0.2, 0.25) is 0 Å². The van der Waals surface area contributed by atoms with Crippen LogP contribution in [0.3, 0.4) is 0 Å². The Morgan fingerprint density at radius 2 is 2.31 bits per heavy atom. The molecule has 1 fully saturated rings. The minimum absolute atomic E-state index is 0.0167. The Kier molecular flexibility index (Phi) is 4.46. The monoisotopic (exact) mass is 371 g/mol. The highest BCUT2D eigenvalue weighted by atomic mass is 32.1. The van der Waals surface area contributed by atoms with Crippen LogP contribution in [0.4, 0.5) is 5.69 Å². The van der Waals surface area contributed by atoms with Crippen molar-refractivity contribution in [3.05, 3.63) is 46.7 Å². The Morgan fingerprint density at radius 1 is 1.42 bits per heavy atom. The number of imidazole rings is 1. The van der Waals surface area contributed by atoms with Crippen molar-refractivity contribution in [1.82, 2.24) is 29.2 Å². The van der Waals surface area contributed by atoms with Crippen LogP contribution in [0.1, 0.15) is 40.1 Å². The smallest absolute Gasteiger partial charge is 0.266 e. The SMILES string of the molecule is Cn1c(Cn2ccnc2)nnc1[C@@H]1CCCN(C(=O)c2sccc2N)C1. The molecule has 0 saturated carbocycles. The molecule has 8 nitrogen and oxygen atoms in total. The Labute approximate surface area is 155 Å². The molecule has 9 heteroatoms. The number of nitrogen functional groups attached to an aromatic ring is 1. The third-order valence-corrected chi connectivity index (χ3v) is 5.76. The summed E-state index contributed by atoms with van der Waals surface area (Å²) in [6.07, 6.45) is 7.37. The Bertz CT molecular complexity index is 898. The van der Waals surface area contributed by atoms with Crippen LogP contribution in [-0.4, -0.2) is 48.2 Å². The first-order chi connectivity index (χ1) is 12.6. The molecule has 4 heterocycles. The van der Waals surface area contributed by atoms with Crippen molar-refractivity contribution in [1.29, 1.82) is 0 Å². The zero-order valence-corrected chi connectivity index (χ0v) is 15.4. The van der Waals surface area contributed by atoms with Gasteiger partial charge in [0.05, 0.1) is 18.6 Å². The van der Waals surface area contributed by atoms with E-state index in [0.29, 0.717) is 23.7 Å². The van der Waals surface area contributed by atoms with E-state index >= 15 is 0 Å². The van der Waals surface area contributed by atoms with Gasteiger partial charge in [-0.2, -0.15) is 0 Å². The number of aromatic nitrogens is 5. The van der Waals surface area contributed by atoms with E-state index in [0.717, 1.165) is 31.0 Å². The molecule has 1 aliphatic rings. The van der Waals surface area contributed by atoms with E-state index in [2.05, 4.69) is 15.2 Å². The molecule has 4 rings (SSSR count). The number of likely N-dealkylation sites (tertiary alicyclic amines) is 1. The second-order valence-electron chi connectivity index (χ2n) is 6.56. The number of piperidine rings is 1. The van der Waals surface area contributed by atoms with E-state index in [9.17, 15) is 4.79 Å². The minimum Gasteiger partial charge on any atom is -0.397 e. The molecule has 3 aromatic heterocycles. The van der Waals surface area contributed by atoms with Crippen LogP contribution in [0.2, 0.25) is 0 Å². The third-order valence-electron chi connectivity index (χ3n) is 4.85. The molecule has 0 spiro atoms. The number of nitrogens with zero attached hydrogens (tertiary/aromatic N) is 6. The van der Waals surface area contributed by atoms with Crippen LogP contribution in [0.5, 0.6) is 0 Å². The van der Waals surface area contributed by atoms with Crippen molar-refractivity contribution in [2.75, 3.05) is 18.8 Å². The number of nitrogens with two attached hydrogens (primary N) is 1. The van der Waals surface area contributed by atoms with E-state index in [1.807, 2.05) is 32.7 Å². The molecule has 2 N–H and O–H groups in total. The minimum atomic E-state index is 0.0167. The Morgan fingerprint density at radius 3 is 3.04 bits per heavy atom. The Hall–Kier alpha value is -2.68. The first-order valence-electron chi connectivity index (χ1n) is 8.59. The van der Waals surface area contributed by atoms with Gasteiger partial charge >= 0.3 is 0 Å². The van der Waals surface area contributed by atoms with Crippen molar-refractivity contribution in [2.24, 2.45) is 7.05 Å². The van der Waals surface area contributed by atoms with Crippen LogP contribution in [-0.2, 0) is 13.6 Å². The zero-order chi connectivity index (χ0) is 18.1. The zero-order valence-electron chi connectivity index (χ0n) is 14.6. The van der Waals surface area contributed by atoms with E-state index in [1.165, 1.54) is 11.3 Å². The van der Waals surface area contributed by atoms with Crippen molar-refractivity contribution < 1.29 is 4.79 Å². The highest BCUT2D eigenvalue weighted by Crippen LogP contribution is 2.29. The van der Waals surface area contributed by atoms with E-state index in [4.69, 9.17) is 5.73 Å². The number of carbonyl (C=O) groups excluding carboxylic acids is 1. The van der Waals surface area contributed by atoms with Crippen molar-refractivity contribution >= 4 is 22.9 Å². The maximum Gasteiger partial charge on any atom is 0.266 e. The highest BCUT2D eigenvalue weighted by Gasteiger charge is 2.30. The van der Waals surface area contributed by atoms with Gasteiger partial charge in [-0.25, -0.2) is 4.98 Å². The van der Waals surface area contributed by atoms with Crippen LogP contribution in [0.15, 0.2) is 30.2 Å². The normalized spacial score (nSPS) is 17.6. The van der Waals surface area contributed by atoms with Gasteiger partial charge in [0.1, 0.15) is 10.7 Å². The second-order valence-corrected chi connectivity index (χ2v) is 7.48. The molecule has 1 aliphatic heterocycles. The number of anilines is 1. The first kappa shape index (κ1) is 16.8. The average molecular weight is 371 g/mol. The fourth-order valence-electron chi connectivity index (χ4n) is 3.42. The van der Waals surface area contributed by atoms with Gasteiger partial charge in [-0.1, -0.05) is 0 Å². The van der Waals surface area contributed by atoms with Crippen LogP contribution in [0.25, 0.3) is 0 Å². The fraction of sp³-hybridized carbons (Fsp3) is 0.412. The molecule has 0 radical (unpaired) electrons. The van der Waals surface area contributed by atoms with Crippen LogP contribution >= 0.6 is 11.3 Å². The lowest BCUT2D eigenvalue weighted by atomic mass is 9.97. The van der Waals surface area contributed by atoms with Gasteiger partial charge in [-0.3, -0.25) is 4.79 Å². The van der Waals surface area contributed by atoms with Gasteiger partial charge in [-0.05, 0) is 24.3 Å². The summed E-state index contributed by atoms with van der Waals surface area (Å²) in [6, 6.07) is 1.78. The molecule has 1 amide bonds. The number of amides is 1. The molecule has 0 unspecified atom stereocenters. The molecule has 136 valence electrons. The predicted octanol–water partition coefficient (Wildman–Crippen LogP) is 1.72. The lowest BCUT2D eigenvalue weighted by Gasteiger charge is -2.32. The first-order valence-corrected chi connectivity index (χ1v) is 9.47. The molecule has 0 aliphatic carbocycles. The summed E-state index contributed by atoms with van der Waals surface area (Å²) >= 11 is 1.40. The topological polar surface area (TPSA) is 94.9 Å². The standard InChI is InChI=1S/C17H21N7OS/c1-22-14(10-23-7-5-19-11-23)20-21-16(22)12-3-2-6-24(9-12)17(25)15-13(18)4-8-26-15/h4-5,7-8,11-12H,2-3,6,9-10,18H2,1H3/t12-/m1/s1. The molecular weight excluding hydrogens is 350 g/mol. The second kappa shape index (κ2) is 6.91. The van der Waals surface area contributed by atoms with Gasteiger partial charge < -0.3 is 19.8 Å². The number of rotatable bonds is 4. The summed E-state index contributed by atoms with van der Waals surface area (Å²) in [5.41, 5.74) is 6.47. The highest BCUT2D eigenvalue weighted by molar-refractivity contribution is 7.12. The largest absolute Gasteiger partial charge is 0.397 e. The number of thiophene rings is 1. The summed E-state index contributed by atoms with van der Waals surface area (Å²) in [7, 11) is 1.99. The molecule has 3 aromatic rings. The van der Waals surface area contributed by atoms with Crippen LogP contribution < -0.4 is 5.73 Å².